The Balaban J connectivity index is 2.25. The SMILES string of the molecule is CC(C)c1[nH]nc2c1C(c1ccncc1)C(C#N)=C(N)O2. The molecule has 0 saturated carbocycles. The molecule has 6 nitrogen and oxygen atoms in total. The topological polar surface area (TPSA) is 101 Å². The molecule has 2 aromatic heterocycles. The van der Waals surface area contributed by atoms with Crippen molar-refractivity contribution in [2.45, 2.75) is 25.7 Å². The highest BCUT2D eigenvalue weighted by Gasteiger charge is 2.35. The van der Waals surface area contributed by atoms with Crippen LogP contribution in [0.25, 0.3) is 0 Å². The number of allylic oxidation sites excluding steroid dienone is 1. The largest absolute Gasteiger partial charge is 0.420 e. The minimum atomic E-state index is -0.280. The molecule has 1 aliphatic rings. The minimum Gasteiger partial charge on any atom is -0.420 e. The zero-order valence-corrected chi connectivity index (χ0v) is 11.8. The molecular formula is C15H15N5O. The number of ether oxygens (including phenoxy) is 1. The summed E-state index contributed by atoms with van der Waals surface area (Å²) in [6.07, 6.45) is 3.40. The number of hydrogen-bond donors (Lipinski definition) is 2. The molecule has 21 heavy (non-hydrogen) atoms. The predicted octanol–water partition coefficient (Wildman–Crippen LogP) is 2.15. The van der Waals surface area contributed by atoms with E-state index in [-0.39, 0.29) is 17.7 Å². The van der Waals surface area contributed by atoms with Crippen LogP contribution in [-0.4, -0.2) is 15.2 Å². The first-order valence-corrected chi connectivity index (χ1v) is 6.69. The maximum atomic E-state index is 9.47. The molecule has 0 saturated heterocycles. The average Bonchev–Trinajstić information content (AvgIpc) is 2.90. The van der Waals surface area contributed by atoms with Crippen molar-refractivity contribution in [1.29, 1.82) is 5.26 Å². The molecule has 3 rings (SSSR count). The van der Waals surface area contributed by atoms with E-state index in [9.17, 15) is 5.26 Å². The summed E-state index contributed by atoms with van der Waals surface area (Å²) in [5, 5.41) is 16.7. The van der Waals surface area contributed by atoms with Crippen LogP contribution >= 0.6 is 0 Å². The van der Waals surface area contributed by atoms with E-state index in [1.54, 1.807) is 12.4 Å². The summed E-state index contributed by atoms with van der Waals surface area (Å²) >= 11 is 0. The van der Waals surface area contributed by atoms with E-state index < -0.39 is 0 Å². The van der Waals surface area contributed by atoms with Crippen molar-refractivity contribution < 1.29 is 4.74 Å². The Bertz CT molecular complexity index is 739. The third-order valence-electron chi connectivity index (χ3n) is 3.59. The van der Waals surface area contributed by atoms with Gasteiger partial charge in [-0.15, -0.1) is 5.10 Å². The number of nitrogens with two attached hydrogens (primary N) is 1. The van der Waals surface area contributed by atoms with Crippen LogP contribution in [0.3, 0.4) is 0 Å². The van der Waals surface area contributed by atoms with Crippen molar-refractivity contribution in [3.05, 3.63) is 52.8 Å². The van der Waals surface area contributed by atoms with Crippen molar-refractivity contribution in [2.75, 3.05) is 0 Å². The molecule has 1 unspecified atom stereocenters. The number of nitrogens with one attached hydrogen (secondary N) is 1. The van der Waals surface area contributed by atoms with Gasteiger partial charge >= 0.3 is 0 Å². The van der Waals surface area contributed by atoms with E-state index in [0.717, 1.165) is 16.8 Å². The second-order valence-corrected chi connectivity index (χ2v) is 5.22. The number of rotatable bonds is 2. The van der Waals surface area contributed by atoms with E-state index >= 15 is 0 Å². The number of nitriles is 1. The lowest BCUT2D eigenvalue weighted by Gasteiger charge is -2.24. The summed E-state index contributed by atoms with van der Waals surface area (Å²) in [5.74, 6) is 0.497. The van der Waals surface area contributed by atoms with Gasteiger partial charge in [-0.3, -0.25) is 10.1 Å². The summed E-state index contributed by atoms with van der Waals surface area (Å²) < 4.78 is 5.49. The molecule has 0 aliphatic carbocycles. The van der Waals surface area contributed by atoms with Crippen LogP contribution in [0, 0.1) is 11.3 Å². The predicted molar refractivity (Wildman–Crippen MR) is 76.2 cm³/mol. The summed E-state index contributed by atoms with van der Waals surface area (Å²) in [5.41, 5.74) is 9.05. The lowest BCUT2D eigenvalue weighted by molar-refractivity contribution is 0.378. The maximum Gasteiger partial charge on any atom is 0.244 e. The third kappa shape index (κ3) is 2.03. The maximum absolute atomic E-state index is 9.47. The highest BCUT2D eigenvalue weighted by atomic mass is 16.5. The van der Waals surface area contributed by atoms with Gasteiger partial charge in [-0.1, -0.05) is 13.8 Å². The van der Waals surface area contributed by atoms with Gasteiger partial charge in [-0.2, -0.15) is 5.26 Å². The number of H-pyrrole nitrogens is 1. The van der Waals surface area contributed by atoms with Crippen molar-refractivity contribution in [1.82, 2.24) is 15.2 Å². The van der Waals surface area contributed by atoms with E-state index in [1.165, 1.54) is 0 Å². The van der Waals surface area contributed by atoms with Gasteiger partial charge in [0.25, 0.3) is 0 Å². The fourth-order valence-corrected chi connectivity index (χ4v) is 2.60. The van der Waals surface area contributed by atoms with Crippen molar-refractivity contribution >= 4 is 0 Å². The Morgan fingerprint density at radius 3 is 2.71 bits per heavy atom. The first-order chi connectivity index (χ1) is 10.1. The summed E-state index contributed by atoms with van der Waals surface area (Å²) in [6, 6.07) is 5.92. The standard InChI is InChI=1S/C15H15N5O/c1-8(2)13-12-11(9-3-5-18-6-4-9)10(7-16)14(17)21-15(12)20-19-13/h3-6,8,11H,17H2,1-2H3,(H,19,20). The first kappa shape index (κ1) is 13.2. The Morgan fingerprint density at radius 1 is 1.38 bits per heavy atom. The molecule has 2 aromatic rings. The molecule has 0 bridgehead atoms. The molecule has 6 heteroatoms. The van der Waals surface area contributed by atoms with Crippen LogP contribution in [0.15, 0.2) is 36.0 Å². The van der Waals surface area contributed by atoms with Gasteiger partial charge in [0.05, 0.1) is 11.5 Å². The Hall–Kier alpha value is -2.81. The lowest BCUT2D eigenvalue weighted by atomic mass is 9.83. The fourth-order valence-electron chi connectivity index (χ4n) is 2.60. The smallest absolute Gasteiger partial charge is 0.244 e. The molecule has 106 valence electrons. The second kappa shape index (κ2) is 4.94. The number of aromatic nitrogens is 3. The summed E-state index contributed by atoms with van der Waals surface area (Å²) in [4.78, 5) is 4.03. The average molecular weight is 281 g/mol. The molecule has 0 aromatic carbocycles. The van der Waals surface area contributed by atoms with Gasteiger partial charge in [0.2, 0.25) is 11.8 Å². The molecular weight excluding hydrogens is 266 g/mol. The number of hydrogen-bond acceptors (Lipinski definition) is 5. The molecule has 0 radical (unpaired) electrons. The zero-order chi connectivity index (χ0) is 15.0. The number of nitrogens with zero attached hydrogens (tertiary/aromatic N) is 3. The van der Waals surface area contributed by atoms with Gasteiger partial charge in [0.15, 0.2) is 0 Å². The van der Waals surface area contributed by atoms with Gasteiger partial charge in [-0.25, -0.2) is 0 Å². The van der Waals surface area contributed by atoms with Crippen molar-refractivity contribution in [2.24, 2.45) is 5.73 Å². The minimum absolute atomic E-state index is 0.105. The number of fused-ring (bicyclic) bond motifs is 1. The first-order valence-electron chi connectivity index (χ1n) is 6.69. The molecule has 0 amide bonds. The van der Waals surface area contributed by atoms with E-state index in [1.807, 2.05) is 12.1 Å². The Morgan fingerprint density at radius 2 is 2.10 bits per heavy atom. The van der Waals surface area contributed by atoms with Gasteiger partial charge in [0.1, 0.15) is 11.6 Å². The van der Waals surface area contributed by atoms with Crippen LogP contribution < -0.4 is 10.5 Å². The Labute approximate surface area is 122 Å². The number of aromatic amines is 1. The lowest BCUT2D eigenvalue weighted by Crippen LogP contribution is -2.21. The van der Waals surface area contributed by atoms with Crippen molar-refractivity contribution in [3.8, 4) is 11.9 Å². The second-order valence-electron chi connectivity index (χ2n) is 5.22. The molecule has 1 atom stereocenters. The quantitative estimate of drug-likeness (QED) is 0.878. The molecule has 0 spiro atoms. The normalized spacial score (nSPS) is 17.3. The van der Waals surface area contributed by atoms with Crippen LogP contribution in [0.1, 0.15) is 42.5 Å². The van der Waals surface area contributed by atoms with Crippen LogP contribution in [0.4, 0.5) is 0 Å². The fraction of sp³-hybridized carbons (Fsp3) is 0.267. The molecule has 3 N–H and O–H groups in total. The highest BCUT2D eigenvalue weighted by molar-refractivity contribution is 5.55. The summed E-state index contributed by atoms with van der Waals surface area (Å²) in [7, 11) is 0. The molecule has 3 heterocycles. The van der Waals surface area contributed by atoms with Crippen LogP contribution in [0.5, 0.6) is 5.88 Å². The van der Waals surface area contributed by atoms with E-state index in [0.29, 0.717) is 11.5 Å². The Kier molecular flexibility index (Phi) is 3.10. The molecule has 0 fully saturated rings. The summed E-state index contributed by atoms with van der Waals surface area (Å²) in [6.45, 7) is 4.12. The van der Waals surface area contributed by atoms with Crippen LogP contribution in [-0.2, 0) is 0 Å². The van der Waals surface area contributed by atoms with Crippen LogP contribution in [0.2, 0.25) is 0 Å². The third-order valence-corrected chi connectivity index (χ3v) is 3.59. The highest BCUT2D eigenvalue weighted by Crippen LogP contribution is 2.44. The van der Waals surface area contributed by atoms with E-state index in [2.05, 4.69) is 35.1 Å². The van der Waals surface area contributed by atoms with Gasteiger partial charge in [-0.05, 0) is 23.6 Å². The zero-order valence-electron chi connectivity index (χ0n) is 11.8. The van der Waals surface area contributed by atoms with Gasteiger partial charge in [0, 0.05) is 18.1 Å². The van der Waals surface area contributed by atoms with E-state index in [4.69, 9.17) is 10.5 Å². The van der Waals surface area contributed by atoms with Crippen molar-refractivity contribution in [3.63, 3.8) is 0 Å². The van der Waals surface area contributed by atoms with Gasteiger partial charge < -0.3 is 10.5 Å². The molecule has 1 aliphatic heterocycles. The monoisotopic (exact) mass is 281 g/mol. The number of pyridine rings is 1.